The zero-order chi connectivity index (χ0) is 43.7. The number of hydrogen-bond donors (Lipinski definition) is 6. The summed E-state index contributed by atoms with van der Waals surface area (Å²) in [6.07, 6.45) is 6.09. The minimum absolute atomic E-state index is 0.0821. The van der Waals surface area contributed by atoms with Crippen LogP contribution in [-0.4, -0.2) is 53.1 Å². The van der Waals surface area contributed by atoms with E-state index in [4.69, 9.17) is 16.2 Å². The maximum Gasteiger partial charge on any atom is 0.408 e. The third kappa shape index (κ3) is 10.6. The highest BCUT2D eigenvalue weighted by Crippen LogP contribution is 2.45. The number of halogens is 1. The van der Waals surface area contributed by atoms with E-state index in [9.17, 15) is 18.8 Å². The summed E-state index contributed by atoms with van der Waals surface area (Å²) in [5, 5.41) is 13.5. The largest absolute Gasteiger partial charge is 0.436 e. The number of carbonyl (C=O) groups excluding carboxylic acids is 3. The van der Waals surface area contributed by atoms with Crippen molar-refractivity contribution >= 4 is 40.5 Å². The number of alkyl carbamates (subject to hydrolysis) is 1. The fourth-order valence-corrected chi connectivity index (χ4v) is 8.74. The first-order chi connectivity index (χ1) is 30.7. The van der Waals surface area contributed by atoms with Gasteiger partial charge in [-0.3, -0.25) is 14.6 Å². The molecule has 5 aromatic carbocycles. The molecule has 8 N–H and O–H groups in total. The standard InChI is InChI=1S/C50H53FN8O4/c51-35-22-20-33(21-23-35)30-59-31-34(29-55-36-13-4-5-14-36)42-28-37(24-25-45(42)59)56-48(61)44(27-32-11-2-1-3-12-32)57-47(60)43(19-10-26-54-49(52)53)58-50(62)63-46-40-17-8-6-15-38(40)39-16-7-9-18-41(39)46/h1-3,6-9,11-12,15-18,20-25,28,31,36,43-44,46,55H,4-5,10,13-14,19,26-27,29-30H2,(H,56,61)(H,57,60)(H,58,62)(H4,52,53,54)/t43-,44-/m1/s1. The first-order valence-corrected chi connectivity index (χ1v) is 21.6. The van der Waals surface area contributed by atoms with Gasteiger partial charge in [0, 0.05) is 66.0 Å². The van der Waals surface area contributed by atoms with Gasteiger partial charge >= 0.3 is 6.09 Å². The van der Waals surface area contributed by atoms with Gasteiger partial charge in [0.05, 0.1) is 0 Å². The predicted molar refractivity (Wildman–Crippen MR) is 244 cm³/mol. The lowest BCUT2D eigenvalue weighted by molar-refractivity contribution is -0.128. The van der Waals surface area contributed by atoms with E-state index < -0.39 is 36.1 Å². The molecule has 324 valence electrons. The van der Waals surface area contributed by atoms with Crippen LogP contribution in [0.4, 0.5) is 14.9 Å². The molecule has 2 aliphatic rings. The molecule has 12 nitrogen and oxygen atoms in total. The van der Waals surface area contributed by atoms with Crippen molar-refractivity contribution in [2.45, 2.75) is 82.3 Å². The highest BCUT2D eigenvalue weighted by atomic mass is 19.1. The molecule has 1 fully saturated rings. The molecule has 0 bridgehead atoms. The first-order valence-electron chi connectivity index (χ1n) is 21.6. The van der Waals surface area contributed by atoms with Crippen molar-refractivity contribution in [3.63, 3.8) is 0 Å². The summed E-state index contributed by atoms with van der Waals surface area (Å²) in [5.74, 6) is -1.35. The van der Waals surface area contributed by atoms with E-state index in [2.05, 4.69) is 37.0 Å². The van der Waals surface area contributed by atoms with Gasteiger partial charge in [-0.15, -0.1) is 0 Å². The third-order valence-corrected chi connectivity index (χ3v) is 11.9. The molecule has 63 heavy (non-hydrogen) atoms. The normalized spacial score (nSPS) is 14.4. The average molecular weight is 849 g/mol. The number of rotatable bonds is 17. The molecular formula is C50H53FN8O4. The summed E-state index contributed by atoms with van der Waals surface area (Å²) in [5.41, 5.74) is 19.2. The molecule has 6 aromatic rings. The number of hydrogen-bond acceptors (Lipinski definition) is 6. The minimum Gasteiger partial charge on any atom is -0.436 e. The summed E-state index contributed by atoms with van der Waals surface area (Å²) in [4.78, 5) is 46.4. The minimum atomic E-state index is -1.09. The van der Waals surface area contributed by atoms with Crippen molar-refractivity contribution in [1.29, 1.82) is 0 Å². The van der Waals surface area contributed by atoms with Gasteiger partial charge in [0.25, 0.3) is 0 Å². The van der Waals surface area contributed by atoms with E-state index in [0.29, 0.717) is 31.2 Å². The Morgan fingerprint density at radius 3 is 2.16 bits per heavy atom. The smallest absolute Gasteiger partial charge is 0.408 e. The van der Waals surface area contributed by atoms with Gasteiger partial charge < -0.3 is 42.0 Å². The van der Waals surface area contributed by atoms with Crippen LogP contribution in [0.5, 0.6) is 0 Å². The Balaban J connectivity index is 1.02. The molecular weight excluding hydrogens is 796 g/mol. The predicted octanol–water partition coefficient (Wildman–Crippen LogP) is 7.45. The maximum absolute atomic E-state index is 14.4. The van der Waals surface area contributed by atoms with E-state index in [1.54, 1.807) is 12.1 Å². The third-order valence-electron chi connectivity index (χ3n) is 11.9. The summed E-state index contributed by atoms with van der Waals surface area (Å²) < 4.78 is 21.9. The second-order valence-electron chi connectivity index (χ2n) is 16.3. The van der Waals surface area contributed by atoms with Crippen LogP contribution >= 0.6 is 0 Å². The lowest BCUT2D eigenvalue weighted by Crippen LogP contribution is -2.53. The fourth-order valence-electron chi connectivity index (χ4n) is 8.74. The van der Waals surface area contributed by atoms with Gasteiger partial charge in [-0.05, 0) is 83.8 Å². The van der Waals surface area contributed by atoms with Crippen molar-refractivity contribution in [3.8, 4) is 11.1 Å². The maximum atomic E-state index is 14.4. The first kappa shape index (κ1) is 42.7. The summed E-state index contributed by atoms with van der Waals surface area (Å²) >= 11 is 0. The van der Waals surface area contributed by atoms with Gasteiger partial charge in [-0.2, -0.15) is 0 Å². The molecule has 0 unspecified atom stereocenters. The average Bonchev–Trinajstić information content (AvgIpc) is 4.02. The van der Waals surface area contributed by atoms with Crippen molar-refractivity contribution in [2.75, 3.05) is 11.9 Å². The lowest BCUT2D eigenvalue weighted by atomic mass is 10.0. The second kappa shape index (κ2) is 19.8. The van der Waals surface area contributed by atoms with E-state index in [-0.39, 0.29) is 31.2 Å². The SMILES string of the molecule is NC(N)=NCCC[C@@H](NC(=O)OC1c2ccccc2-c2ccccc21)C(=O)N[C@H](Cc1ccccc1)C(=O)Nc1ccc2c(c1)c(CNC1CCCC1)cn2Cc1ccc(F)cc1. The quantitative estimate of drug-likeness (QED) is 0.0314. The van der Waals surface area contributed by atoms with Crippen LogP contribution in [0.25, 0.3) is 22.0 Å². The van der Waals surface area contributed by atoms with Crippen LogP contribution < -0.4 is 32.7 Å². The Labute approximate surface area is 366 Å². The zero-order valence-corrected chi connectivity index (χ0v) is 35.1. The van der Waals surface area contributed by atoms with Crippen LogP contribution in [0.1, 0.15) is 72.4 Å². The van der Waals surface area contributed by atoms with Crippen molar-refractivity contribution in [3.05, 3.63) is 161 Å². The highest BCUT2D eigenvalue weighted by Gasteiger charge is 2.33. The van der Waals surface area contributed by atoms with Crippen LogP contribution in [0.3, 0.4) is 0 Å². The number of aromatic nitrogens is 1. The molecule has 0 spiro atoms. The number of guanidine groups is 1. The van der Waals surface area contributed by atoms with Gasteiger partial charge in [-0.1, -0.05) is 104 Å². The number of aliphatic imine (C=N–C) groups is 1. The van der Waals surface area contributed by atoms with E-state index >= 15 is 0 Å². The van der Waals surface area contributed by atoms with E-state index in [0.717, 1.165) is 62.7 Å². The number of anilines is 1. The number of nitrogens with zero attached hydrogens (tertiary/aromatic N) is 2. The summed E-state index contributed by atoms with van der Waals surface area (Å²) in [6.45, 7) is 1.43. The molecule has 3 amide bonds. The zero-order valence-electron chi connectivity index (χ0n) is 35.1. The van der Waals surface area contributed by atoms with Crippen LogP contribution in [0.15, 0.2) is 133 Å². The molecule has 1 heterocycles. The molecule has 1 saturated carbocycles. The number of fused-ring (bicyclic) bond motifs is 4. The molecule has 0 saturated heterocycles. The number of nitrogens with one attached hydrogen (secondary N) is 4. The van der Waals surface area contributed by atoms with Gasteiger partial charge in [0.15, 0.2) is 12.1 Å². The summed E-state index contributed by atoms with van der Waals surface area (Å²) in [7, 11) is 0. The van der Waals surface area contributed by atoms with Crippen LogP contribution in [-0.2, 0) is 33.8 Å². The molecule has 0 aliphatic heterocycles. The molecule has 1 aromatic heterocycles. The Morgan fingerprint density at radius 1 is 0.778 bits per heavy atom. The Morgan fingerprint density at radius 2 is 1.46 bits per heavy atom. The lowest BCUT2D eigenvalue weighted by Gasteiger charge is -2.24. The van der Waals surface area contributed by atoms with Crippen LogP contribution in [0, 0.1) is 5.82 Å². The monoisotopic (exact) mass is 848 g/mol. The topological polar surface area (TPSA) is 178 Å². The van der Waals surface area contributed by atoms with Crippen molar-refractivity contribution in [1.82, 2.24) is 20.5 Å². The van der Waals surface area contributed by atoms with Crippen molar-refractivity contribution in [2.24, 2.45) is 16.5 Å². The number of ether oxygens (including phenoxy) is 1. The Bertz CT molecular complexity index is 2540. The number of benzene rings is 5. The van der Waals surface area contributed by atoms with Crippen molar-refractivity contribution < 1.29 is 23.5 Å². The highest BCUT2D eigenvalue weighted by molar-refractivity contribution is 6.00. The Hall–Kier alpha value is -6.99. The molecule has 13 heteroatoms. The molecule has 2 atom stereocenters. The Kier molecular flexibility index (Phi) is 13.4. The van der Waals surface area contributed by atoms with Gasteiger partial charge in [0.2, 0.25) is 11.8 Å². The molecule has 0 radical (unpaired) electrons. The number of amides is 3. The number of carbonyl (C=O) groups is 3. The van der Waals surface area contributed by atoms with Crippen LogP contribution in [0.2, 0.25) is 0 Å². The summed E-state index contributed by atoms with van der Waals surface area (Å²) in [6, 6.07) is 35.6. The van der Waals surface area contributed by atoms with E-state index in [1.165, 1.54) is 25.0 Å². The fraction of sp³-hybridized carbons (Fsp3) is 0.280. The van der Waals surface area contributed by atoms with Gasteiger partial charge in [0.1, 0.15) is 17.9 Å². The molecule has 8 rings (SSSR count). The van der Waals surface area contributed by atoms with E-state index in [1.807, 2.05) is 97.1 Å². The number of nitrogens with two attached hydrogens (primary N) is 2. The molecule has 2 aliphatic carbocycles. The van der Waals surface area contributed by atoms with Gasteiger partial charge in [-0.25, -0.2) is 9.18 Å². The second-order valence-corrected chi connectivity index (χ2v) is 16.3.